The standard InChI is InChI=1S/2C18H13ClO2.C14H31N.Cr/c2*19-14-7-10-17(20)13(11-14)5-8-16-15-4-2-1-3-12(15)6-9-18(16)21;1-2-3-4-5-6-7-8-9-10-11-12-13-14-15;/h2*1-11,20-21H;2-15H2,1H3;/p+1/b2*8-5+;;. The monoisotopic (exact) mass is 858 g/mol. The molecule has 0 radical (unpaired) electrons. The summed E-state index contributed by atoms with van der Waals surface area (Å²) in [4.78, 5) is 0. The van der Waals surface area contributed by atoms with Gasteiger partial charge in [0.2, 0.25) is 0 Å². The van der Waals surface area contributed by atoms with Crippen molar-refractivity contribution < 1.29 is 43.5 Å². The molecule has 5 nitrogen and oxygen atoms in total. The third-order valence-electron chi connectivity index (χ3n) is 9.84. The average Bonchev–Trinajstić information content (AvgIpc) is 3.22. The van der Waals surface area contributed by atoms with Gasteiger partial charge in [0.1, 0.15) is 23.0 Å². The van der Waals surface area contributed by atoms with Gasteiger partial charge in [0, 0.05) is 49.7 Å². The maximum Gasteiger partial charge on any atom is 0.123 e. The topological polar surface area (TPSA) is 109 Å². The second kappa shape index (κ2) is 26.6. The van der Waals surface area contributed by atoms with E-state index >= 15 is 0 Å². The van der Waals surface area contributed by atoms with Crippen molar-refractivity contribution in [3.8, 4) is 23.0 Å². The van der Waals surface area contributed by atoms with Crippen molar-refractivity contribution in [2.24, 2.45) is 0 Å². The number of fused-ring (bicyclic) bond motifs is 2. The number of rotatable bonds is 16. The molecular weight excluding hydrogens is 801 g/mol. The Bertz CT molecular complexity index is 2050. The molecule has 0 unspecified atom stereocenters. The van der Waals surface area contributed by atoms with Crippen molar-refractivity contribution in [1.82, 2.24) is 0 Å². The minimum atomic E-state index is 0. The molecule has 58 heavy (non-hydrogen) atoms. The van der Waals surface area contributed by atoms with Gasteiger partial charge in [-0.15, -0.1) is 0 Å². The van der Waals surface area contributed by atoms with Gasteiger partial charge in [0.25, 0.3) is 0 Å². The number of unbranched alkanes of at least 4 members (excludes halogenated alkanes) is 11. The van der Waals surface area contributed by atoms with Gasteiger partial charge in [-0.05, 0) is 95.1 Å². The summed E-state index contributed by atoms with van der Waals surface area (Å²) in [7, 11) is 0. The summed E-state index contributed by atoms with van der Waals surface area (Å²) in [5.41, 5.74) is 6.51. The van der Waals surface area contributed by atoms with E-state index in [0.29, 0.717) is 32.3 Å². The van der Waals surface area contributed by atoms with Crippen LogP contribution in [0.15, 0.2) is 109 Å². The molecule has 306 valence electrons. The molecule has 6 aromatic rings. The van der Waals surface area contributed by atoms with E-state index in [9.17, 15) is 20.4 Å². The number of quaternary nitrogens is 1. The molecule has 0 aliphatic carbocycles. The summed E-state index contributed by atoms with van der Waals surface area (Å²) in [5, 5.41) is 44.9. The molecule has 0 aromatic heterocycles. The van der Waals surface area contributed by atoms with Crippen LogP contribution in [0.3, 0.4) is 0 Å². The fourth-order valence-corrected chi connectivity index (χ4v) is 6.96. The van der Waals surface area contributed by atoms with Gasteiger partial charge in [-0.25, -0.2) is 0 Å². The summed E-state index contributed by atoms with van der Waals surface area (Å²) < 4.78 is 0. The molecule has 0 saturated carbocycles. The van der Waals surface area contributed by atoms with Gasteiger partial charge in [-0.1, -0.05) is 167 Å². The quantitative estimate of drug-likeness (QED) is 0.0493. The predicted octanol–water partition coefficient (Wildman–Crippen LogP) is 14.1. The third-order valence-corrected chi connectivity index (χ3v) is 10.3. The fraction of sp³-hybridized carbons (Fsp3) is 0.280. The Kier molecular flexibility index (Phi) is 22.0. The van der Waals surface area contributed by atoms with Gasteiger partial charge in [-0.3, -0.25) is 0 Å². The maximum atomic E-state index is 10.1. The Hall–Kier alpha value is -4.41. The van der Waals surface area contributed by atoms with E-state index in [1.165, 1.54) is 77.0 Å². The van der Waals surface area contributed by atoms with Crippen LogP contribution in [0.1, 0.15) is 106 Å². The normalized spacial score (nSPS) is 11.0. The molecule has 6 aromatic carbocycles. The summed E-state index contributed by atoms with van der Waals surface area (Å²) in [6, 6.07) is 32.4. The number of phenols is 4. The molecule has 0 saturated heterocycles. The van der Waals surface area contributed by atoms with Crippen LogP contribution in [-0.2, 0) is 17.4 Å². The van der Waals surface area contributed by atoms with Crippen molar-refractivity contribution in [2.75, 3.05) is 6.54 Å². The van der Waals surface area contributed by atoms with E-state index in [2.05, 4.69) is 12.7 Å². The first-order chi connectivity index (χ1) is 27.7. The molecule has 6 rings (SSSR count). The molecule has 0 aliphatic heterocycles. The second-order valence-electron chi connectivity index (χ2n) is 14.3. The summed E-state index contributed by atoms with van der Waals surface area (Å²) in [6.07, 6.45) is 24.3. The molecule has 0 spiro atoms. The van der Waals surface area contributed by atoms with Crippen LogP contribution in [0.5, 0.6) is 23.0 Å². The Morgan fingerprint density at radius 2 is 0.810 bits per heavy atom. The van der Waals surface area contributed by atoms with E-state index in [1.807, 2.05) is 60.7 Å². The number of hydrogen-bond donors (Lipinski definition) is 5. The van der Waals surface area contributed by atoms with Crippen molar-refractivity contribution >= 4 is 69.1 Å². The molecule has 0 heterocycles. The van der Waals surface area contributed by atoms with Crippen LogP contribution in [0, 0.1) is 0 Å². The van der Waals surface area contributed by atoms with E-state index < -0.39 is 0 Å². The Morgan fingerprint density at radius 3 is 1.21 bits per heavy atom. The van der Waals surface area contributed by atoms with Crippen LogP contribution in [0.4, 0.5) is 0 Å². The summed E-state index contributed by atoms with van der Waals surface area (Å²) in [5.74, 6) is 0.698. The van der Waals surface area contributed by atoms with Crippen molar-refractivity contribution in [3.05, 3.63) is 141 Å². The molecule has 7 N–H and O–H groups in total. The predicted molar refractivity (Wildman–Crippen MR) is 244 cm³/mol. The fourth-order valence-electron chi connectivity index (χ4n) is 6.60. The average molecular weight is 860 g/mol. The summed E-state index contributed by atoms with van der Waals surface area (Å²) in [6.45, 7) is 3.41. The van der Waals surface area contributed by atoms with Gasteiger partial charge in [-0.2, -0.15) is 0 Å². The number of hydrogen-bond acceptors (Lipinski definition) is 4. The van der Waals surface area contributed by atoms with Crippen molar-refractivity contribution in [2.45, 2.75) is 84.0 Å². The molecule has 0 aliphatic rings. The molecule has 0 atom stereocenters. The number of benzene rings is 6. The zero-order valence-electron chi connectivity index (χ0n) is 33.6. The zero-order chi connectivity index (χ0) is 40.8. The first-order valence-corrected chi connectivity index (χ1v) is 21.0. The van der Waals surface area contributed by atoms with Gasteiger partial charge in [0.05, 0.1) is 6.54 Å². The molecular formula is C50H58Cl2CrNO4+. The van der Waals surface area contributed by atoms with Crippen LogP contribution >= 0.6 is 23.2 Å². The molecule has 0 amide bonds. The number of phenolic OH excluding ortho intramolecular Hbond substituents is 4. The first kappa shape index (κ1) is 48.0. The van der Waals surface area contributed by atoms with Crippen LogP contribution in [-0.4, -0.2) is 27.0 Å². The van der Waals surface area contributed by atoms with Crippen LogP contribution < -0.4 is 5.73 Å². The second-order valence-corrected chi connectivity index (χ2v) is 15.1. The molecule has 0 fully saturated rings. The molecule has 0 bridgehead atoms. The van der Waals surface area contributed by atoms with E-state index in [4.69, 9.17) is 23.2 Å². The van der Waals surface area contributed by atoms with Gasteiger partial charge >= 0.3 is 0 Å². The van der Waals surface area contributed by atoms with Crippen molar-refractivity contribution in [3.63, 3.8) is 0 Å². The smallest absolute Gasteiger partial charge is 0.123 e. The minimum Gasteiger partial charge on any atom is -0.507 e. The van der Waals surface area contributed by atoms with Gasteiger partial charge in [0.15, 0.2) is 0 Å². The molecule has 8 heteroatoms. The minimum absolute atomic E-state index is 0. The maximum absolute atomic E-state index is 10.1. The largest absolute Gasteiger partial charge is 0.507 e. The zero-order valence-corrected chi connectivity index (χ0v) is 36.3. The van der Waals surface area contributed by atoms with E-state index in [0.717, 1.165) is 28.1 Å². The number of aromatic hydroxyl groups is 4. The Morgan fingerprint density at radius 1 is 0.448 bits per heavy atom. The van der Waals surface area contributed by atoms with Crippen molar-refractivity contribution in [1.29, 1.82) is 0 Å². The number of halogens is 2. The van der Waals surface area contributed by atoms with Crippen LogP contribution in [0.25, 0.3) is 45.8 Å². The van der Waals surface area contributed by atoms with Crippen LogP contribution in [0.2, 0.25) is 10.0 Å². The Balaban J connectivity index is 0.000000235. The first-order valence-electron chi connectivity index (χ1n) is 20.3. The van der Waals surface area contributed by atoms with Gasteiger partial charge < -0.3 is 26.2 Å². The summed E-state index contributed by atoms with van der Waals surface area (Å²) >= 11 is 11.9. The van der Waals surface area contributed by atoms with E-state index in [1.54, 1.807) is 72.8 Å². The Labute approximate surface area is 365 Å². The van der Waals surface area contributed by atoms with E-state index in [-0.39, 0.29) is 40.4 Å². The third kappa shape index (κ3) is 15.7. The SMILES string of the molecule is CCCCCCCCCCCCCC[NH3+].Oc1ccc(Cl)cc1/C=C/c1c(O)ccc2ccccc12.Oc1ccc(Cl)cc1/C=C/c1c(O)ccc2ccccc12.[Cr].